The minimum Gasteiger partial charge on any atom is -0.380 e. The van der Waals surface area contributed by atoms with Crippen molar-refractivity contribution in [3.63, 3.8) is 0 Å². The molecular weight excluding hydrogens is 208 g/mol. The smallest absolute Gasteiger partial charge is 0.269 e. The van der Waals surface area contributed by atoms with E-state index < -0.39 is 0 Å². The van der Waals surface area contributed by atoms with Gasteiger partial charge in [0, 0.05) is 32.3 Å². The van der Waals surface area contributed by atoms with Gasteiger partial charge in [0.25, 0.3) is 5.69 Å². The Morgan fingerprint density at radius 3 is 2.94 bits per heavy atom. The van der Waals surface area contributed by atoms with Crippen LogP contribution >= 0.6 is 0 Å². The number of rotatable bonds is 6. The summed E-state index contributed by atoms with van der Waals surface area (Å²) in [5, 5.41) is 13.7. The summed E-state index contributed by atoms with van der Waals surface area (Å²) in [7, 11) is 1.65. The highest BCUT2D eigenvalue weighted by atomic mass is 16.6. The lowest BCUT2D eigenvalue weighted by molar-refractivity contribution is -0.384. The molecule has 5 nitrogen and oxygen atoms in total. The van der Waals surface area contributed by atoms with Crippen LogP contribution in [0, 0.1) is 10.1 Å². The summed E-state index contributed by atoms with van der Waals surface area (Å²) < 4.78 is 5.08. The molecule has 1 atom stereocenters. The third kappa shape index (κ3) is 3.96. The zero-order valence-electron chi connectivity index (χ0n) is 9.47. The number of hydrogen-bond acceptors (Lipinski definition) is 4. The molecule has 0 spiro atoms. The SMILES string of the molecule is COC(C)CNCc1cccc([N+](=O)[O-])c1. The van der Waals surface area contributed by atoms with Crippen LogP contribution in [0.1, 0.15) is 12.5 Å². The topological polar surface area (TPSA) is 64.4 Å². The Balaban J connectivity index is 2.48. The van der Waals surface area contributed by atoms with Crippen LogP contribution < -0.4 is 5.32 Å². The van der Waals surface area contributed by atoms with E-state index in [1.165, 1.54) is 6.07 Å². The molecule has 1 N–H and O–H groups in total. The van der Waals surface area contributed by atoms with E-state index in [0.717, 1.165) is 12.1 Å². The largest absolute Gasteiger partial charge is 0.380 e. The fourth-order valence-corrected chi connectivity index (χ4v) is 1.28. The summed E-state index contributed by atoms with van der Waals surface area (Å²) in [6.07, 6.45) is 0.138. The molecule has 0 radical (unpaired) electrons. The number of methoxy groups -OCH3 is 1. The molecular formula is C11H16N2O3. The maximum Gasteiger partial charge on any atom is 0.269 e. The lowest BCUT2D eigenvalue weighted by Crippen LogP contribution is -2.25. The average Bonchev–Trinajstić information content (AvgIpc) is 2.29. The molecule has 0 saturated carbocycles. The molecule has 0 saturated heterocycles. The fraction of sp³-hybridized carbons (Fsp3) is 0.455. The Morgan fingerprint density at radius 1 is 1.56 bits per heavy atom. The maximum atomic E-state index is 10.5. The lowest BCUT2D eigenvalue weighted by atomic mass is 10.2. The van der Waals surface area contributed by atoms with Crippen LogP contribution in [0.5, 0.6) is 0 Å². The van der Waals surface area contributed by atoms with E-state index in [4.69, 9.17) is 4.74 Å². The Morgan fingerprint density at radius 2 is 2.31 bits per heavy atom. The summed E-state index contributed by atoms with van der Waals surface area (Å²) in [5.74, 6) is 0. The molecule has 0 aliphatic carbocycles. The van der Waals surface area contributed by atoms with Gasteiger partial charge >= 0.3 is 0 Å². The summed E-state index contributed by atoms with van der Waals surface area (Å²) in [6, 6.07) is 6.61. The minimum atomic E-state index is -0.388. The first kappa shape index (κ1) is 12.6. The lowest BCUT2D eigenvalue weighted by Gasteiger charge is -2.10. The van der Waals surface area contributed by atoms with E-state index in [1.807, 2.05) is 13.0 Å². The van der Waals surface area contributed by atoms with Crippen molar-refractivity contribution in [1.82, 2.24) is 5.32 Å². The monoisotopic (exact) mass is 224 g/mol. The molecule has 0 heterocycles. The predicted octanol–water partition coefficient (Wildman–Crippen LogP) is 1.72. The van der Waals surface area contributed by atoms with E-state index in [-0.39, 0.29) is 16.7 Å². The van der Waals surface area contributed by atoms with Crippen LogP contribution in [-0.4, -0.2) is 24.7 Å². The first-order valence-electron chi connectivity index (χ1n) is 5.10. The van der Waals surface area contributed by atoms with Crippen molar-refractivity contribution in [2.24, 2.45) is 0 Å². The van der Waals surface area contributed by atoms with Crippen molar-refractivity contribution in [3.8, 4) is 0 Å². The number of ether oxygens (including phenoxy) is 1. The Labute approximate surface area is 94.6 Å². The quantitative estimate of drug-likeness (QED) is 0.590. The molecule has 1 rings (SSSR count). The third-order valence-corrected chi connectivity index (χ3v) is 2.28. The van der Waals surface area contributed by atoms with Crippen LogP contribution in [0.25, 0.3) is 0 Å². The molecule has 0 aliphatic rings. The van der Waals surface area contributed by atoms with Gasteiger partial charge in [0.15, 0.2) is 0 Å². The van der Waals surface area contributed by atoms with Crippen LogP contribution in [0.2, 0.25) is 0 Å². The van der Waals surface area contributed by atoms with Crippen LogP contribution in [0.3, 0.4) is 0 Å². The van der Waals surface area contributed by atoms with Gasteiger partial charge in [0.1, 0.15) is 0 Å². The number of nitrogens with one attached hydrogen (secondary N) is 1. The van der Waals surface area contributed by atoms with E-state index >= 15 is 0 Å². The molecule has 0 amide bonds. The molecule has 0 bridgehead atoms. The number of benzene rings is 1. The number of hydrogen-bond donors (Lipinski definition) is 1. The van der Waals surface area contributed by atoms with E-state index in [1.54, 1.807) is 19.2 Å². The average molecular weight is 224 g/mol. The Kier molecular flexibility index (Phi) is 4.88. The second-order valence-corrected chi connectivity index (χ2v) is 3.60. The molecule has 0 aromatic heterocycles. The standard InChI is InChI=1S/C11H16N2O3/c1-9(16-2)7-12-8-10-4-3-5-11(6-10)13(14)15/h3-6,9,12H,7-8H2,1-2H3. The third-order valence-electron chi connectivity index (χ3n) is 2.28. The van der Waals surface area contributed by atoms with Crippen LogP contribution in [-0.2, 0) is 11.3 Å². The van der Waals surface area contributed by atoms with Crippen molar-refractivity contribution in [2.75, 3.05) is 13.7 Å². The van der Waals surface area contributed by atoms with Gasteiger partial charge in [-0.05, 0) is 12.5 Å². The van der Waals surface area contributed by atoms with Gasteiger partial charge in [-0.3, -0.25) is 10.1 Å². The number of nitro groups is 1. The van der Waals surface area contributed by atoms with Crippen molar-refractivity contribution in [2.45, 2.75) is 19.6 Å². The second-order valence-electron chi connectivity index (χ2n) is 3.60. The van der Waals surface area contributed by atoms with Crippen molar-refractivity contribution < 1.29 is 9.66 Å². The number of nitro benzene ring substituents is 1. The summed E-state index contributed by atoms with van der Waals surface area (Å²) in [4.78, 5) is 10.2. The van der Waals surface area contributed by atoms with Gasteiger partial charge < -0.3 is 10.1 Å². The van der Waals surface area contributed by atoms with Crippen molar-refractivity contribution in [1.29, 1.82) is 0 Å². The van der Waals surface area contributed by atoms with E-state index in [0.29, 0.717) is 6.54 Å². The van der Waals surface area contributed by atoms with Gasteiger partial charge in [0.2, 0.25) is 0 Å². The molecule has 1 aromatic carbocycles. The maximum absolute atomic E-state index is 10.5. The number of non-ortho nitro benzene ring substituents is 1. The highest BCUT2D eigenvalue weighted by Crippen LogP contribution is 2.12. The predicted molar refractivity (Wildman–Crippen MR) is 61.3 cm³/mol. The summed E-state index contributed by atoms with van der Waals surface area (Å²) in [5.41, 5.74) is 1.02. The van der Waals surface area contributed by atoms with Crippen LogP contribution in [0.4, 0.5) is 5.69 Å². The molecule has 16 heavy (non-hydrogen) atoms. The van der Waals surface area contributed by atoms with Gasteiger partial charge in [-0.15, -0.1) is 0 Å². The molecule has 1 aromatic rings. The zero-order valence-corrected chi connectivity index (χ0v) is 9.47. The van der Waals surface area contributed by atoms with Crippen LogP contribution in [0.15, 0.2) is 24.3 Å². The zero-order chi connectivity index (χ0) is 12.0. The number of nitrogens with zero attached hydrogens (tertiary/aromatic N) is 1. The van der Waals surface area contributed by atoms with E-state index in [9.17, 15) is 10.1 Å². The van der Waals surface area contributed by atoms with Gasteiger partial charge in [-0.1, -0.05) is 12.1 Å². The van der Waals surface area contributed by atoms with Crippen molar-refractivity contribution >= 4 is 5.69 Å². The second kappa shape index (κ2) is 6.19. The molecule has 1 unspecified atom stereocenters. The molecule has 0 fully saturated rings. The van der Waals surface area contributed by atoms with Gasteiger partial charge in [0.05, 0.1) is 11.0 Å². The summed E-state index contributed by atoms with van der Waals surface area (Å²) in [6.45, 7) is 3.29. The Hall–Kier alpha value is -1.46. The Bertz CT molecular complexity index is 355. The molecule has 5 heteroatoms. The van der Waals surface area contributed by atoms with Gasteiger partial charge in [-0.2, -0.15) is 0 Å². The summed E-state index contributed by atoms with van der Waals surface area (Å²) >= 11 is 0. The fourth-order valence-electron chi connectivity index (χ4n) is 1.28. The highest BCUT2D eigenvalue weighted by Gasteiger charge is 2.05. The minimum absolute atomic E-state index is 0.124. The molecule has 88 valence electrons. The first-order chi connectivity index (χ1) is 7.63. The first-order valence-corrected chi connectivity index (χ1v) is 5.10. The van der Waals surface area contributed by atoms with Gasteiger partial charge in [-0.25, -0.2) is 0 Å². The normalized spacial score (nSPS) is 12.4. The van der Waals surface area contributed by atoms with Crippen molar-refractivity contribution in [3.05, 3.63) is 39.9 Å². The van der Waals surface area contributed by atoms with E-state index in [2.05, 4.69) is 5.32 Å². The highest BCUT2D eigenvalue weighted by molar-refractivity contribution is 5.34. The molecule has 0 aliphatic heterocycles.